The molecule has 1 aromatic heterocycles. The summed E-state index contributed by atoms with van der Waals surface area (Å²) in [5.74, 6) is 0. The van der Waals surface area contributed by atoms with Gasteiger partial charge in [0.2, 0.25) is 0 Å². The molecule has 100 valence electrons. The number of nitrogens with zero attached hydrogens (tertiary/aromatic N) is 1. The summed E-state index contributed by atoms with van der Waals surface area (Å²) in [5.41, 5.74) is 3.92. The third kappa shape index (κ3) is 2.93. The first-order valence-corrected chi connectivity index (χ1v) is 6.89. The maximum atomic E-state index is 11.1. The molecule has 0 fully saturated rings. The monoisotopic (exact) mass is 276 g/mol. The summed E-state index contributed by atoms with van der Waals surface area (Å²) in [6.45, 7) is 6.51. The molecule has 0 atom stereocenters. The Morgan fingerprint density at radius 3 is 2.47 bits per heavy atom. The van der Waals surface area contributed by atoms with Crippen molar-refractivity contribution in [3.05, 3.63) is 55.3 Å². The van der Waals surface area contributed by atoms with Gasteiger partial charge in [0.05, 0.1) is 4.92 Å². The van der Waals surface area contributed by atoms with E-state index in [2.05, 4.69) is 11.4 Å². The fourth-order valence-corrected chi connectivity index (χ4v) is 2.70. The molecular formula is C14H16N2O2S. The van der Waals surface area contributed by atoms with Crippen LogP contribution in [0.5, 0.6) is 0 Å². The predicted molar refractivity (Wildman–Crippen MR) is 79.0 cm³/mol. The zero-order valence-electron chi connectivity index (χ0n) is 11.2. The second-order valence-electron chi connectivity index (χ2n) is 4.59. The van der Waals surface area contributed by atoms with Gasteiger partial charge in [0.25, 0.3) is 5.69 Å². The number of anilines is 1. The lowest BCUT2D eigenvalue weighted by Crippen LogP contribution is -2.03. The van der Waals surface area contributed by atoms with Gasteiger partial charge in [-0.25, -0.2) is 0 Å². The van der Waals surface area contributed by atoms with Crippen LogP contribution in [0.3, 0.4) is 0 Å². The van der Waals surface area contributed by atoms with Crippen molar-refractivity contribution in [1.82, 2.24) is 0 Å². The van der Waals surface area contributed by atoms with Crippen molar-refractivity contribution in [2.45, 2.75) is 27.3 Å². The molecule has 0 aliphatic carbocycles. The molecular weight excluding hydrogens is 260 g/mol. The molecule has 2 aromatic rings. The van der Waals surface area contributed by atoms with E-state index < -0.39 is 0 Å². The quantitative estimate of drug-likeness (QED) is 0.672. The highest BCUT2D eigenvalue weighted by Crippen LogP contribution is 2.29. The SMILES string of the molecule is Cc1cc(NCc2sccc2C)c([N+](=O)[O-])cc1C. The van der Waals surface area contributed by atoms with Crippen LogP contribution >= 0.6 is 11.3 Å². The Morgan fingerprint density at radius 1 is 1.21 bits per heavy atom. The number of hydrogen-bond donors (Lipinski definition) is 1. The smallest absolute Gasteiger partial charge is 0.292 e. The number of nitro groups is 1. The van der Waals surface area contributed by atoms with Crippen molar-refractivity contribution in [3.8, 4) is 0 Å². The standard InChI is InChI=1S/C14H16N2O2S/c1-9-4-5-19-14(9)8-15-12-6-10(2)11(3)7-13(12)16(17)18/h4-7,15H,8H2,1-3H3. The second kappa shape index (κ2) is 5.40. The zero-order chi connectivity index (χ0) is 14.0. The molecule has 0 unspecified atom stereocenters. The van der Waals surface area contributed by atoms with Crippen molar-refractivity contribution >= 4 is 22.7 Å². The molecule has 5 heteroatoms. The predicted octanol–water partition coefficient (Wildman–Crippen LogP) is 4.19. The molecule has 1 N–H and O–H groups in total. The van der Waals surface area contributed by atoms with Crippen LogP contribution in [0.1, 0.15) is 21.6 Å². The van der Waals surface area contributed by atoms with E-state index >= 15 is 0 Å². The van der Waals surface area contributed by atoms with E-state index in [1.165, 1.54) is 10.4 Å². The van der Waals surface area contributed by atoms with Crippen molar-refractivity contribution in [2.24, 2.45) is 0 Å². The lowest BCUT2D eigenvalue weighted by atomic mass is 10.1. The Morgan fingerprint density at radius 2 is 1.89 bits per heavy atom. The Bertz CT molecular complexity index is 620. The summed E-state index contributed by atoms with van der Waals surface area (Å²) in [4.78, 5) is 11.9. The Kier molecular flexibility index (Phi) is 3.85. The van der Waals surface area contributed by atoms with E-state index in [0.29, 0.717) is 12.2 Å². The molecule has 0 saturated heterocycles. The van der Waals surface area contributed by atoms with Crippen LogP contribution < -0.4 is 5.32 Å². The highest BCUT2D eigenvalue weighted by atomic mass is 32.1. The van der Waals surface area contributed by atoms with Gasteiger partial charge in [-0.3, -0.25) is 10.1 Å². The number of thiophene rings is 1. The van der Waals surface area contributed by atoms with Gasteiger partial charge < -0.3 is 5.32 Å². The number of hydrogen-bond acceptors (Lipinski definition) is 4. The van der Waals surface area contributed by atoms with Crippen LogP contribution in [0.4, 0.5) is 11.4 Å². The topological polar surface area (TPSA) is 55.2 Å². The molecule has 1 aromatic carbocycles. The fourth-order valence-electron chi connectivity index (χ4n) is 1.85. The molecule has 19 heavy (non-hydrogen) atoms. The van der Waals surface area contributed by atoms with E-state index in [1.54, 1.807) is 17.4 Å². The number of nitro benzene ring substituents is 1. The summed E-state index contributed by atoms with van der Waals surface area (Å²) in [5, 5.41) is 16.3. The molecule has 0 bridgehead atoms. The van der Waals surface area contributed by atoms with Crippen LogP contribution in [0.15, 0.2) is 23.6 Å². The lowest BCUT2D eigenvalue weighted by molar-refractivity contribution is -0.384. The average Bonchev–Trinajstić information content (AvgIpc) is 2.75. The van der Waals surface area contributed by atoms with Gasteiger partial charge in [-0.1, -0.05) is 0 Å². The third-order valence-electron chi connectivity index (χ3n) is 3.22. The largest absolute Gasteiger partial charge is 0.375 e. The minimum atomic E-state index is -0.337. The highest BCUT2D eigenvalue weighted by molar-refractivity contribution is 7.10. The number of nitrogens with one attached hydrogen (secondary N) is 1. The molecule has 0 amide bonds. The van der Waals surface area contributed by atoms with Gasteiger partial charge >= 0.3 is 0 Å². The van der Waals surface area contributed by atoms with E-state index in [-0.39, 0.29) is 10.6 Å². The van der Waals surface area contributed by atoms with Crippen molar-refractivity contribution < 1.29 is 4.92 Å². The normalized spacial score (nSPS) is 10.5. The Labute approximate surface area is 116 Å². The van der Waals surface area contributed by atoms with E-state index in [9.17, 15) is 10.1 Å². The Hall–Kier alpha value is -1.88. The number of benzene rings is 1. The van der Waals surface area contributed by atoms with Gasteiger partial charge in [-0.05, 0) is 55.0 Å². The van der Waals surface area contributed by atoms with E-state index in [1.807, 2.05) is 32.2 Å². The molecule has 0 aliphatic heterocycles. The highest BCUT2D eigenvalue weighted by Gasteiger charge is 2.15. The summed E-state index contributed by atoms with van der Waals surface area (Å²) in [7, 11) is 0. The summed E-state index contributed by atoms with van der Waals surface area (Å²) < 4.78 is 0. The van der Waals surface area contributed by atoms with Crippen LogP contribution in [0, 0.1) is 30.9 Å². The van der Waals surface area contributed by atoms with E-state index in [0.717, 1.165) is 11.1 Å². The van der Waals surface area contributed by atoms with Gasteiger partial charge in [0.15, 0.2) is 0 Å². The van der Waals surface area contributed by atoms with Gasteiger partial charge in [0.1, 0.15) is 5.69 Å². The molecule has 0 radical (unpaired) electrons. The molecule has 1 heterocycles. The van der Waals surface area contributed by atoms with Gasteiger partial charge in [-0.15, -0.1) is 11.3 Å². The first-order valence-electron chi connectivity index (χ1n) is 6.01. The van der Waals surface area contributed by atoms with Gasteiger partial charge in [-0.2, -0.15) is 0 Å². The molecule has 0 aliphatic rings. The van der Waals surface area contributed by atoms with Crippen molar-refractivity contribution in [3.63, 3.8) is 0 Å². The minimum Gasteiger partial charge on any atom is -0.375 e. The summed E-state index contributed by atoms with van der Waals surface area (Å²) >= 11 is 1.66. The summed E-state index contributed by atoms with van der Waals surface area (Å²) in [6, 6.07) is 5.52. The zero-order valence-corrected chi connectivity index (χ0v) is 12.0. The molecule has 4 nitrogen and oxygen atoms in total. The maximum Gasteiger partial charge on any atom is 0.292 e. The van der Waals surface area contributed by atoms with Crippen molar-refractivity contribution in [2.75, 3.05) is 5.32 Å². The van der Waals surface area contributed by atoms with Crippen LogP contribution in [0.25, 0.3) is 0 Å². The van der Waals surface area contributed by atoms with E-state index in [4.69, 9.17) is 0 Å². The van der Waals surface area contributed by atoms with Crippen LogP contribution in [-0.4, -0.2) is 4.92 Å². The third-order valence-corrected chi connectivity index (χ3v) is 4.24. The first kappa shape index (κ1) is 13.5. The van der Waals surface area contributed by atoms with Crippen molar-refractivity contribution in [1.29, 1.82) is 0 Å². The van der Waals surface area contributed by atoms with Crippen LogP contribution in [0.2, 0.25) is 0 Å². The second-order valence-corrected chi connectivity index (χ2v) is 5.59. The van der Waals surface area contributed by atoms with Gasteiger partial charge in [0, 0.05) is 17.5 Å². The summed E-state index contributed by atoms with van der Waals surface area (Å²) in [6.07, 6.45) is 0. The minimum absolute atomic E-state index is 0.136. The fraction of sp³-hybridized carbons (Fsp3) is 0.286. The van der Waals surface area contributed by atoms with Crippen LogP contribution in [-0.2, 0) is 6.54 Å². The molecule has 0 spiro atoms. The number of rotatable bonds is 4. The Balaban J connectivity index is 2.26. The first-order chi connectivity index (χ1) is 8.99. The number of aryl methyl sites for hydroxylation is 3. The molecule has 0 saturated carbocycles. The maximum absolute atomic E-state index is 11.1. The average molecular weight is 276 g/mol. The molecule has 2 rings (SSSR count). The lowest BCUT2D eigenvalue weighted by Gasteiger charge is -2.09.